The molecule has 0 radical (unpaired) electrons. The van der Waals surface area contributed by atoms with Crippen LogP contribution in [0.25, 0.3) is 0 Å². The first-order valence-corrected chi connectivity index (χ1v) is 9.10. The number of hydrogen-bond donors (Lipinski definition) is 1. The highest BCUT2D eigenvalue weighted by molar-refractivity contribution is 7.99. The zero-order chi connectivity index (χ0) is 14.6. The maximum atomic E-state index is 5.85. The highest BCUT2D eigenvalue weighted by Crippen LogP contribution is 2.31. The van der Waals surface area contributed by atoms with E-state index < -0.39 is 0 Å². The van der Waals surface area contributed by atoms with Gasteiger partial charge in [-0.3, -0.25) is 0 Å². The molecule has 2 unspecified atom stereocenters. The third-order valence-electron chi connectivity index (χ3n) is 4.28. The van der Waals surface area contributed by atoms with Crippen molar-refractivity contribution in [2.75, 3.05) is 45.1 Å². The van der Waals surface area contributed by atoms with Crippen LogP contribution < -0.4 is 5.32 Å². The maximum absolute atomic E-state index is 5.85. The SMILES string of the molecule is CC1CN(CC2(CNC(C)(C)C)CCCOC2)CCS1. The molecule has 2 heterocycles. The molecule has 3 nitrogen and oxygen atoms in total. The zero-order valence-corrected chi connectivity index (χ0v) is 14.5. The molecule has 2 atom stereocenters. The molecule has 0 saturated carbocycles. The minimum absolute atomic E-state index is 0.190. The summed E-state index contributed by atoms with van der Waals surface area (Å²) in [5.41, 5.74) is 0.503. The summed E-state index contributed by atoms with van der Waals surface area (Å²) in [4.78, 5) is 2.67. The van der Waals surface area contributed by atoms with Crippen LogP contribution >= 0.6 is 11.8 Å². The molecule has 2 rings (SSSR count). The molecule has 4 heteroatoms. The van der Waals surface area contributed by atoms with Gasteiger partial charge in [0.25, 0.3) is 0 Å². The minimum atomic E-state index is 0.190. The van der Waals surface area contributed by atoms with Crippen LogP contribution in [-0.2, 0) is 4.74 Å². The van der Waals surface area contributed by atoms with Crippen molar-refractivity contribution in [1.29, 1.82) is 0 Å². The van der Waals surface area contributed by atoms with E-state index in [1.54, 1.807) is 0 Å². The Hall–Kier alpha value is 0.230. The summed E-state index contributed by atoms with van der Waals surface area (Å²) in [5.74, 6) is 1.28. The number of thioether (sulfide) groups is 1. The van der Waals surface area contributed by atoms with E-state index >= 15 is 0 Å². The smallest absolute Gasteiger partial charge is 0.0546 e. The summed E-state index contributed by atoms with van der Waals surface area (Å²) in [6, 6.07) is 0. The minimum Gasteiger partial charge on any atom is -0.381 e. The molecule has 0 aromatic heterocycles. The lowest BCUT2D eigenvalue weighted by molar-refractivity contribution is -0.0282. The van der Waals surface area contributed by atoms with Crippen molar-refractivity contribution < 1.29 is 4.74 Å². The van der Waals surface area contributed by atoms with Gasteiger partial charge in [0.2, 0.25) is 0 Å². The highest BCUT2D eigenvalue weighted by Gasteiger charge is 2.36. The zero-order valence-electron chi connectivity index (χ0n) is 13.7. The Balaban J connectivity index is 1.95. The fourth-order valence-electron chi connectivity index (χ4n) is 3.19. The van der Waals surface area contributed by atoms with Crippen LogP contribution in [-0.4, -0.2) is 60.8 Å². The van der Waals surface area contributed by atoms with Crippen molar-refractivity contribution in [2.24, 2.45) is 5.41 Å². The average molecular weight is 301 g/mol. The van der Waals surface area contributed by atoms with Crippen molar-refractivity contribution in [3.05, 3.63) is 0 Å². The van der Waals surface area contributed by atoms with E-state index in [4.69, 9.17) is 4.74 Å². The predicted molar refractivity (Wildman–Crippen MR) is 88.6 cm³/mol. The summed E-state index contributed by atoms with van der Waals surface area (Å²) in [6.07, 6.45) is 2.51. The molecule has 0 aromatic rings. The number of rotatable bonds is 4. The van der Waals surface area contributed by atoms with Gasteiger partial charge >= 0.3 is 0 Å². The Labute approximate surface area is 129 Å². The van der Waals surface area contributed by atoms with Gasteiger partial charge in [-0.05, 0) is 33.6 Å². The van der Waals surface area contributed by atoms with Crippen molar-refractivity contribution in [1.82, 2.24) is 10.2 Å². The normalized spacial score (nSPS) is 33.3. The van der Waals surface area contributed by atoms with Gasteiger partial charge in [-0.2, -0.15) is 11.8 Å². The van der Waals surface area contributed by atoms with Gasteiger partial charge in [-0.1, -0.05) is 6.92 Å². The van der Waals surface area contributed by atoms with Crippen LogP contribution in [0.4, 0.5) is 0 Å². The Kier molecular flexibility index (Phi) is 5.80. The van der Waals surface area contributed by atoms with E-state index in [0.717, 1.165) is 25.0 Å². The molecule has 2 saturated heterocycles. The van der Waals surface area contributed by atoms with Crippen molar-refractivity contribution >= 4 is 11.8 Å². The largest absolute Gasteiger partial charge is 0.381 e. The molecule has 0 aromatic carbocycles. The molecule has 0 bridgehead atoms. The molecule has 0 aliphatic carbocycles. The Morgan fingerprint density at radius 2 is 2.20 bits per heavy atom. The quantitative estimate of drug-likeness (QED) is 0.862. The highest BCUT2D eigenvalue weighted by atomic mass is 32.2. The summed E-state index contributed by atoms with van der Waals surface area (Å²) in [7, 11) is 0. The molecule has 2 fully saturated rings. The van der Waals surface area contributed by atoms with Crippen LogP contribution in [0, 0.1) is 5.41 Å². The van der Waals surface area contributed by atoms with Crippen LogP contribution in [0.3, 0.4) is 0 Å². The second kappa shape index (κ2) is 6.99. The molecule has 20 heavy (non-hydrogen) atoms. The van der Waals surface area contributed by atoms with Crippen LogP contribution in [0.15, 0.2) is 0 Å². The van der Waals surface area contributed by atoms with E-state index in [1.165, 1.54) is 38.2 Å². The summed E-state index contributed by atoms with van der Waals surface area (Å²) >= 11 is 2.11. The van der Waals surface area contributed by atoms with Gasteiger partial charge < -0.3 is 15.0 Å². The fraction of sp³-hybridized carbons (Fsp3) is 1.00. The van der Waals surface area contributed by atoms with Gasteiger partial charge in [-0.25, -0.2) is 0 Å². The molecular formula is C16H32N2OS. The van der Waals surface area contributed by atoms with Gasteiger partial charge in [0.1, 0.15) is 0 Å². The van der Waals surface area contributed by atoms with Crippen molar-refractivity contribution in [3.63, 3.8) is 0 Å². The van der Waals surface area contributed by atoms with Crippen LogP contribution in [0.5, 0.6) is 0 Å². The first-order chi connectivity index (χ1) is 9.39. The molecular weight excluding hydrogens is 268 g/mol. The Bertz CT molecular complexity index is 297. The molecule has 118 valence electrons. The number of nitrogens with one attached hydrogen (secondary N) is 1. The second-order valence-corrected chi connectivity index (χ2v) is 9.22. The lowest BCUT2D eigenvalue weighted by Crippen LogP contribution is -2.54. The van der Waals surface area contributed by atoms with Crippen LogP contribution in [0.2, 0.25) is 0 Å². The Morgan fingerprint density at radius 3 is 2.80 bits per heavy atom. The van der Waals surface area contributed by atoms with Crippen molar-refractivity contribution in [2.45, 2.75) is 51.3 Å². The number of nitrogens with zero attached hydrogens (tertiary/aromatic N) is 1. The second-order valence-electron chi connectivity index (χ2n) is 7.68. The maximum Gasteiger partial charge on any atom is 0.0546 e. The van der Waals surface area contributed by atoms with E-state index in [-0.39, 0.29) is 5.54 Å². The summed E-state index contributed by atoms with van der Waals surface area (Å²) in [5, 5.41) is 4.50. The third-order valence-corrected chi connectivity index (χ3v) is 5.42. The number of hydrogen-bond acceptors (Lipinski definition) is 4. The molecule has 2 aliphatic heterocycles. The average Bonchev–Trinajstić information content (AvgIpc) is 2.37. The lowest BCUT2D eigenvalue weighted by Gasteiger charge is -2.44. The Morgan fingerprint density at radius 1 is 1.40 bits per heavy atom. The van der Waals surface area contributed by atoms with Crippen LogP contribution in [0.1, 0.15) is 40.5 Å². The fourth-order valence-corrected chi connectivity index (χ4v) is 4.27. The topological polar surface area (TPSA) is 24.5 Å². The predicted octanol–water partition coefficient (Wildman–Crippen LogP) is 2.61. The molecule has 0 amide bonds. The molecule has 1 N–H and O–H groups in total. The van der Waals surface area contributed by atoms with E-state index in [2.05, 4.69) is 49.7 Å². The van der Waals surface area contributed by atoms with E-state index in [1.807, 2.05) is 0 Å². The first-order valence-electron chi connectivity index (χ1n) is 8.05. The summed E-state index contributed by atoms with van der Waals surface area (Å²) in [6.45, 7) is 15.7. The standard InChI is InChI=1S/C16H32N2OS/c1-14-10-18(7-9-20-14)12-16(6-5-8-19-13-16)11-17-15(2,3)4/h14,17H,5-13H2,1-4H3. The van der Waals surface area contributed by atoms with Gasteiger partial charge in [0.05, 0.1) is 6.61 Å². The van der Waals surface area contributed by atoms with Gasteiger partial charge in [-0.15, -0.1) is 0 Å². The van der Waals surface area contributed by atoms with Gasteiger partial charge in [0.15, 0.2) is 0 Å². The third kappa shape index (κ3) is 5.21. The van der Waals surface area contributed by atoms with Crippen molar-refractivity contribution in [3.8, 4) is 0 Å². The molecule has 2 aliphatic rings. The first kappa shape index (κ1) is 16.6. The van der Waals surface area contributed by atoms with E-state index in [0.29, 0.717) is 5.41 Å². The molecule has 0 spiro atoms. The van der Waals surface area contributed by atoms with E-state index in [9.17, 15) is 0 Å². The van der Waals surface area contributed by atoms with Gasteiger partial charge in [0, 0.05) is 54.7 Å². The summed E-state index contributed by atoms with van der Waals surface area (Å²) < 4.78 is 5.85. The monoisotopic (exact) mass is 300 g/mol. The number of ether oxygens (including phenoxy) is 1. The lowest BCUT2D eigenvalue weighted by atomic mass is 9.81.